The summed E-state index contributed by atoms with van der Waals surface area (Å²) in [7, 11) is 0. The van der Waals surface area contributed by atoms with Crippen LogP contribution in [0, 0.1) is 12.8 Å². The zero-order valence-corrected chi connectivity index (χ0v) is 11.4. The van der Waals surface area contributed by atoms with E-state index in [1.807, 2.05) is 25.1 Å². The molecule has 0 radical (unpaired) electrons. The summed E-state index contributed by atoms with van der Waals surface area (Å²) in [5.74, 6) is 0.180. The predicted molar refractivity (Wildman–Crippen MR) is 74.5 cm³/mol. The van der Waals surface area contributed by atoms with Crippen LogP contribution in [-0.2, 0) is 16.1 Å². The lowest BCUT2D eigenvalue weighted by Gasteiger charge is -2.26. The molecule has 0 spiro atoms. The maximum Gasteiger partial charge on any atom is 0.237 e. The highest BCUT2D eigenvalue weighted by atomic mass is 16.5. The van der Waals surface area contributed by atoms with E-state index in [9.17, 15) is 4.79 Å². The molecule has 0 aliphatic carbocycles. The van der Waals surface area contributed by atoms with E-state index in [4.69, 9.17) is 10.5 Å². The first-order valence-electron chi connectivity index (χ1n) is 6.83. The third-order valence-corrected chi connectivity index (χ3v) is 3.63. The van der Waals surface area contributed by atoms with Crippen LogP contribution in [0.2, 0.25) is 0 Å². The van der Waals surface area contributed by atoms with E-state index in [1.54, 1.807) is 0 Å². The molecule has 0 aromatic heterocycles. The lowest BCUT2D eigenvalue weighted by molar-refractivity contribution is -0.124. The van der Waals surface area contributed by atoms with Crippen LogP contribution < -0.4 is 11.1 Å². The van der Waals surface area contributed by atoms with Gasteiger partial charge >= 0.3 is 0 Å². The predicted octanol–water partition coefficient (Wildman–Crippen LogP) is 1.37. The number of nitrogens with two attached hydrogens (primary N) is 1. The first-order valence-corrected chi connectivity index (χ1v) is 6.83. The summed E-state index contributed by atoms with van der Waals surface area (Å²) in [6.07, 6.45) is 1.75. The molecule has 19 heavy (non-hydrogen) atoms. The molecule has 1 aromatic rings. The van der Waals surface area contributed by atoms with Gasteiger partial charge in [-0.1, -0.05) is 29.8 Å². The number of hydrogen-bond acceptors (Lipinski definition) is 3. The normalized spacial score (nSPS) is 18.0. The van der Waals surface area contributed by atoms with Gasteiger partial charge in [-0.05, 0) is 31.2 Å². The summed E-state index contributed by atoms with van der Waals surface area (Å²) >= 11 is 0. The van der Waals surface area contributed by atoms with Crippen molar-refractivity contribution in [1.82, 2.24) is 5.32 Å². The standard InChI is InChI=1S/C15H22N2O2/c1-11-3-2-4-12(9-11)10-17-15(18)14(16)13-5-7-19-8-6-13/h2-4,9,13-14H,5-8,10,16H2,1H3,(H,17,18). The molecule has 1 atom stereocenters. The Kier molecular flexibility index (Phi) is 4.93. The SMILES string of the molecule is Cc1cccc(CNC(=O)C(N)C2CCOCC2)c1. The molecule has 1 unspecified atom stereocenters. The molecule has 4 heteroatoms. The smallest absolute Gasteiger partial charge is 0.237 e. The molecule has 1 aromatic carbocycles. The van der Waals surface area contributed by atoms with E-state index in [0.29, 0.717) is 19.8 Å². The third-order valence-electron chi connectivity index (χ3n) is 3.63. The molecular formula is C15H22N2O2. The summed E-state index contributed by atoms with van der Waals surface area (Å²) in [5, 5.41) is 2.92. The Hall–Kier alpha value is -1.39. The number of carbonyl (C=O) groups is 1. The van der Waals surface area contributed by atoms with E-state index in [0.717, 1.165) is 18.4 Å². The molecule has 1 fully saturated rings. The van der Waals surface area contributed by atoms with E-state index in [1.165, 1.54) is 5.56 Å². The lowest BCUT2D eigenvalue weighted by atomic mass is 9.92. The van der Waals surface area contributed by atoms with E-state index in [-0.39, 0.29) is 11.8 Å². The molecule has 1 aliphatic heterocycles. The number of aryl methyl sites for hydroxylation is 1. The molecule has 0 bridgehead atoms. The van der Waals surface area contributed by atoms with Gasteiger partial charge in [0.15, 0.2) is 0 Å². The van der Waals surface area contributed by atoms with Crippen molar-refractivity contribution in [2.75, 3.05) is 13.2 Å². The van der Waals surface area contributed by atoms with Crippen molar-refractivity contribution in [2.24, 2.45) is 11.7 Å². The van der Waals surface area contributed by atoms with Crippen molar-refractivity contribution in [3.63, 3.8) is 0 Å². The maximum absolute atomic E-state index is 12.0. The topological polar surface area (TPSA) is 64.4 Å². The second-order valence-corrected chi connectivity index (χ2v) is 5.18. The second-order valence-electron chi connectivity index (χ2n) is 5.18. The number of nitrogens with one attached hydrogen (secondary N) is 1. The highest BCUT2D eigenvalue weighted by Crippen LogP contribution is 2.17. The summed E-state index contributed by atoms with van der Waals surface area (Å²) < 4.78 is 5.28. The van der Waals surface area contributed by atoms with Crippen LogP contribution in [0.4, 0.5) is 0 Å². The van der Waals surface area contributed by atoms with Crippen LogP contribution in [0.25, 0.3) is 0 Å². The summed E-state index contributed by atoms with van der Waals surface area (Å²) in [4.78, 5) is 12.0. The van der Waals surface area contributed by atoms with Crippen LogP contribution in [0.5, 0.6) is 0 Å². The zero-order chi connectivity index (χ0) is 13.7. The number of carbonyl (C=O) groups excluding carboxylic acids is 1. The molecule has 4 nitrogen and oxygen atoms in total. The Balaban J connectivity index is 1.83. The van der Waals surface area contributed by atoms with Gasteiger partial charge in [-0.25, -0.2) is 0 Å². The summed E-state index contributed by atoms with van der Waals surface area (Å²) in [5.41, 5.74) is 8.32. The number of amides is 1. The monoisotopic (exact) mass is 262 g/mol. The average Bonchev–Trinajstić information content (AvgIpc) is 2.45. The van der Waals surface area contributed by atoms with Gasteiger partial charge in [-0.2, -0.15) is 0 Å². The summed E-state index contributed by atoms with van der Waals surface area (Å²) in [6.45, 7) is 4.00. The number of benzene rings is 1. The van der Waals surface area contributed by atoms with Gasteiger partial charge < -0.3 is 15.8 Å². The van der Waals surface area contributed by atoms with Gasteiger partial charge in [0.05, 0.1) is 6.04 Å². The minimum atomic E-state index is -0.422. The summed E-state index contributed by atoms with van der Waals surface area (Å²) in [6, 6.07) is 7.69. The van der Waals surface area contributed by atoms with Crippen LogP contribution in [0.1, 0.15) is 24.0 Å². The van der Waals surface area contributed by atoms with Gasteiger partial charge in [-0.3, -0.25) is 4.79 Å². The molecule has 1 heterocycles. The molecule has 3 N–H and O–H groups in total. The van der Waals surface area contributed by atoms with Crippen molar-refractivity contribution in [3.05, 3.63) is 35.4 Å². The van der Waals surface area contributed by atoms with Gasteiger partial charge in [-0.15, -0.1) is 0 Å². The minimum Gasteiger partial charge on any atom is -0.381 e. The van der Waals surface area contributed by atoms with Crippen molar-refractivity contribution in [1.29, 1.82) is 0 Å². The number of ether oxygens (including phenoxy) is 1. The Morgan fingerprint density at radius 3 is 2.89 bits per heavy atom. The zero-order valence-electron chi connectivity index (χ0n) is 11.4. The minimum absolute atomic E-state index is 0.0617. The Labute approximate surface area is 114 Å². The molecule has 1 aliphatic rings. The quantitative estimate of drug-likeness (QED) is 0.861. The van der Waals surface area contributed by atoms with Crippen LogP contribution in [0.3, 0.4) is 0 Å². The first-order chi connectivity index (χ1) is 9.16. The van der Waals surface area contributed by atoms with Crippen LogP contribution >= 0.6 is 0 Å². The highest BCUT2D eigenvalue weighted by Gasteiger charge is 2.26. The first kappa shape index (κ1) is 14.0. The van der Waals surface area contributed by atoms with Crippen molar-refractivity contribution < 1.29 is 9.53 Å². The molecule has 1 saturated heterocycles. The van der Waals surface area contributed by atoms with Crippen molar-refractivity contribution in [3.8, 4) is 0 Å². The molecular weight excluding hydrogens is 240 g/mol. The Bertz CT molecular complexity index is 428. The van der Waals surface area contributed by atoms with Gasteiger partial charge in [0.25, 0.3) is 0 Å². The highest BCUT2D eigenvalue weighted by molar-refractivity contribution is 5.81. The van der Waals surface area contributed by atoms with E-state index >= 15 is 0 Å². The Morgan fingerprint density at radius 2 is 2.21 bits per heavy atom. The number of rotatable bonds is 4. The number of hydrogen-bond donors (Lipinski definition) is 2. The lowest BCUT2D eigenvalue weighted by Crippen LogP contribution is -2.46. The maximum atomic E-state index is 12.0. The molecule has 104 valence electrons. The van der Waals surface area contributed by atoms with E-state index in [2.05, 4.69) is 11.4 Å². The fourth-order valence-corrected chi connectivity index (χ4v) is 2.42. The second kappa shape index (κ2) is 6.68. The Morgan fingerprint density at radius 1 is 1.47 bits per heavy atom. The largest absolute Gasteiger partial charge is 0.381 e. The van der Waals surface area contributed by atoms with Crippen LogP contribution in [-0.4, -0.2) is 25.2 Å². The van der Waals surface area contributed by atoms with E-state index < -0.39 is 6.04 Å². The van der Waals surface area contributed by atoms with Gasteiger partial charge in [0, 0.05) is 19.8 Å². The average molecular weight is 262 g/mol. The van der Waals surface area contributed by atoms with Crippen molar-refractivity contribution >= 4 is 5.91 Å². The molecule has 0 saturated carbocycles. The fourth-order valence-electron chi connectivity index (χ4n) is 2.42. The van der Waals surface area contributed by atoms with Crippen molar-refractivity contribution in [2.45, 2.75) is 32.4 Å². The molecule has 1 amide bonds. The fraction of sp³-hybridized carbons (Fsp3) is 0.533. The van der Waals surface area contributed by atoms with Gasteiger partial charge in [0.1, 0.15) is 0 Å². The van der Waals surface area contributed by atoms with Crippen LogP contribution in [0.15, 0.2) is 24.3 Å². The third kappa shape index (κ3) is 4.04. The van der Waals surface area contributed by atoms with Gasteiger partial charge in [0.2, 0.25) is 5.91 Å². The molecule has 2 rings (SSSR count).